The van der Waals surface area contributed by atoms with Crippen molar-refractivity contribution >= 4 is 56.7 Å². The number of thiazole rings is 1. The molecule has 0 aliphatic carbocycles. The van der Waals surface area contributed by atoms with Crippen LogP contribution in [0.3, 0.4) is 0 Å². The molecule has 1 aromatic heterocycles. The zero-order chi connectivity index (χ0) is 22.3. The van der Waals surface area contributed by atoms with Gasteiger partial charge in [0.15, 0.2) is 4.34 Å². The van der Waals surface area contributed by atoms with Crippen molar-refractivity contribution in [3.05, 3.63) is 30.4 Å². The van der Waals surface area contributed by atoms with Crippen molar-refractivity contribution in [3.8, 4) is 0 Å². The minimum absolute atomic E-state index is 0.0960. The van der Waals surface area contributed by atoms with Gasteiger partial charge in [-0.3, -0.25) is 14.4 Å². The molecule has 0 aliphatic heterocycles. The van der Waals surface area contributed by atoms with Gasteiger partial charge in [0.25, 0.3) is 0 Å². The number of thioether (sulfide) groups is 1. The zero-order valence-corrected chi connectivity index (χ0v) is 19.4. The van der Waals surface area contributed by atoms with Gasteiger partial charge in [0.05, 0.1) is 16.0 Å². The molecule has 1 unspecified atom stereocenters. The Morgan fingerprint density at radius 2 is 1.93 bits per heavy atom. The van der Waals surface area contributed by atoms with E-state index in [1.807, 2.05) is 32.9 Å². The van der Waals surface area contributed by atoms with Crippen molar-refractivity contribution in [1.82, 2.24) is 15.2 Å². The molecule has 1 atom stereocenters. The van der Waals surface area contributed by atoms with Gasteiger partial charge in [-0.2, -0.15) is 0 Å². The molecule has 7 nitrogen and oxygen atoms in total. The lowest BCUT2D eigenvalue weighted by Gasteiger charge is -2.17. The maximum absolute atomic E-state index is 12.6. The second-order valence-corrected chi connectivity index (χ2v) is 9.17. The number of anilines is 1. The van der Waals surface area contributed by atoms with E-state index in [1.54, 1.807) is 11.0 Å². The molecule has 1 heterocycles. The number of fused-ring (bicyclic) bond motifs is 1. The minimum atomic E-state index is -0.672. The van der Waals surface area contributed by atoms with Crippen molar-refractivity contribution in [3.63, 3.8) is 0 Å². The van der Waals surface area contributed by atoms with Crippen LogP contribution in [0.2, 0.25) is 0 Å². The highest BCUT2D eigenvalue weighted by Gasteiger charge is 2.20. The number of hydrogen-bond acceptors (Lipinski definition) is 6. The van der Waals surface area contributed by atoms with Crippen LogP contribution in [-0.4, -0.2) is 52.5 Å². The van der Waals surface area contributed by atoms with Crippen molar-refractivity contribution in [1.29, 1.82) is 0 Å². The van der Waals surface area contributed by atoms with Crippen LogP contribution in [0.5, 0.6) is 0 Å². The number of rotatable bonds is 10. The molecule has 0 fully saturated rings. The number of amides is 3. The highest BCUT2D eigenvalue weighted by Crippen LogP contribution is 2.31. The van der Waals surface area contributed by atoms with Crippen LogP contribution >= 0.6 is 23.1 Å². The summed E-state index contributed by atoms with van der Waals surface area (Å²) in [7, 11) is 0. The second kappa shape index (κ2) is 11.1. The van der Waals surface area contributed by atoms with E-state index in [0.717, 1.165) is 20.1 Å². The van der Waals surface area contributed by atoms with Crippen LogP contribution in [0.15, 0.2) is 34.7 Å². The first-order chi connectivity index (χ1) is 14.2. The minimum Gasteiger partial charge on any atom is -0.344 e. The lowest BCUT2D eigenvalue weighted by atomic mass is 10.1. The number of nitrogens with one attached hydrogen (secondary N) is 2. The van der Waals surface area contributed by atoms with E-state index >= 15 is 0 Å². The summed E-state index contributed by atoms with van der Waals surface area (Å²) >= 11 is 2.91. The largest absolute Gasteiger partial charge is 0.344 e. The number of carbonyl (C=O) groups is 3. The maximum Gasteiger partial charge on any atom is 0.247 e. The monoisotopic (exact) mass is 448 g/mol. The van der Waals surface area contributed by atoms with Gasteiger partial charge in [-0.1, -0.05) is 17.3 Å². The lowest BCUT2D eigenvalue weighted by Crippen LogP contribution is -2.43. The molecule has 9 heteroatoms. The molecule has 2 aromatic rings. The summed E-state index contributed by atoms with van der Waals surface area (Å²) in [6.07, 6.45) is 0.371. The Kier molecular flexibility index (Phi) is 8.86. The quantitative estimate of drug-likeness (QED) is 0.427. The maximum atomic E-state index is 12.6. The number of nitrogens with zero attached hydrogens (tertiary/aromatic N) is 2. The summed E-state index contributed by atoms with van der Waals surface area (Å²) in [6, 6.07) is 4.80. The van der Waals surface area contributed by atoms with E-state index in [-0.39, 0.29) is 17.7 Å². The molecule has 0 bridgehead atoms. The van der Waals surface area contributed by atoms with Gasteiger partial charge < -0.3 is 15.5 Å². The fourth-order valence-electron chi connectivity index (χ4n) is 2.87. The Hall–Kier alpha value is -2.39. The summed E-state index contributed by atoms with van der Waals surface area (Å²) in [6.45, 7) is 12.3. The third-order valence-electron chi connectivity index (χ3n) is 4.32. The van der Waals surface area contributed by atoms with Gasteiger partial charge in [-0.25, -0.2) is 4.98 Å². The van der Waals surface area contributed by atoms with Gasteiger partial charge in [0.2, 0.25) is 17.7 Å². The molecule has 0 saturated heterocycles. The Bertz CT molecular complexity index is 921. The highest BCUT2D eigenvalue weighted by molar-refractivity contribution is 8.01. The topological polar surface area (TPSA) is 91.4 Å². The average molecular weight is 449 g/mol. The molecule has 1 aromatic carbocycles. The van der Waals surface area contributed by atoms with Gasteiger partial charge >= 0.3 is 0 Å². The Morgan fingerprint density at radius 1 is 1.23 bits per heavy atom. The van der Waals surface area contributed by atoms with Gasteiger partial charge in [0.1, 0.15) is 6.04 Å². The number of carbonyl (C=O) groups excluding carboxylic acids is 3. The Morgan fingerprint density at radius 3 is 2.53 bits per heavy atom. The van der Waals surface area contributed by atoms with Crippen molar-refractivity contribution in [2.75, 3.05) is 24.2 Å². The third kappa shape index (κ3) is 6.84. The van der Waals surface area contributed by atoms with Gasteiger partial charge in [-0.15, -0.1) is 17.9 Å². The van der Waals surface area contributed by atoms with Crippen molar-refractivity contribution in [2.45, 2.75) is 44.5 Å². The summed E-state index contributed by atoms with van der Waals surface area (Å²) in [5.41, 5.74) is 2.25. The molecule has 0 radical (unpaired) electrons. The molecular formula is C21H28N4O3S2. The molecule has 2 N–H and O–H groups in total. The third-order valence-corrected chi connectivity index (χ3v) is 6.46. The summed E-state index contributed by atoms with van der Waals surface area (Å²) in [5.74, 6) is -0.116. The molecule has 162 valence electrons. The fourth-order valence-corrected chi connectivity index (χ4v) is 4.88. The predicted octanol–water partition coefficient (Wildman–Crippen LogP) is 3.67. The normalized spacial score (nSPS) is 11.7. The average Bonchev–Trinajstić information content (AvgIpc) is 3.08. The predicted molar refractivity (Wildman–Crippen MR) is 124 cm³/mol. The smallest absolute Gasteiger partial charge is 0.247 e. The van der Waals surface area contributed by atoms with E-state index in [9.17, 15) is 14.4 Å². The van der Waals surface area contributed by atoms with Crippen LogP contribution in [0.4, 0.5) is 5.69 Å². The Balaban J connectivity index is 2.07. The van der Waals surface area contributed by atoms with Crippen molar-refractivity contribution in [2.24, 2.45) is 0 Å². The number of aromatic nitrogens is 1. The molecule has 2 rings (SSSR count). The van der Waals surface area contributed by atoms with Crippen LogP contribution in [0.1, 0.15) is 34.1 Å². The van der Waals surface area contributed by atoms with E-state index in [1.165, 1.54) is 30.0 Å². The van der Waals surface area contributed by atoms with Gasteiger partial charge in [0, 0.05) is 25.7 Å². The lowest BCUT2D eigenvalue weighted by molar-refractivity contribution is -0.128. The first-order valence-corrected chi connectivity index (χ1v) is 11.6. The van der Waals surface area contributed by atoms with E-state index in [2.05, 4.69) is 22.2 Å². The molecule has 30 heavy (non-hydrogen) atoms. The van der Waals surface area contributed by atoms with E-state index in [0.29, 0.717) is 31.0 Å². The van der Waals surface area contributed by atoms with Crippen LogP contribution < -0.4 is 10.6 Å². The SMILES string of the molecule is C=C(C)CC(NC(C)=O)C(=O)Nc1ccc2nc(SCC(=O)N(CC)CC)sc2c1. The van der Waals surface area contributed by atoms with Gasteiger partial charge in [-0.05, 0) is 45.4 Å². The van der Waals surface area contributed by atoms with Crippen molar-refractivity contribution < 1.29 is 14.4 Å². The summed E-state index contributed by atoms with van der Waals surface area (Å²) in [5, 5.41) is 5.51. The second-order valence-electron chi connectivity index (χ2n) is 6.92. The number of hydrogen-bond donors (Lipinski definition) is 2. The standard InChI is InChI=1S/C21H28N4O3S2/c1-6-25(7-2)19(27)12-29-21-24-16-9-8-15(11-18(16)30-21)23-20(28)17(10-13(3)4)22-14(5)26/h8-9,11,17H,3,6-7,10,12H2,1-2,4-5H3,(H,22,26)(H,23,28). The van der Waals surface area contributed by atoms with Crippen LogP contribution in [0.25, 0.3) is 10.2 Å². The highest BCUT2D eigenvalue weighted by atomic mass is 32.2. The fraction of sp³-hybridized carbons (Fsp3) is 0.429. The molecule has 0 saturated carbocycles. The summed E-state index contributed by atoms with van der Waals surface area (Å²) < 4.78 is 1.73. The number of benzene rings is 1. The van der Waals surface area contributed by atoms with Crippen LogP contribution in [-0.2, 0) is 14.4 Å². The Labute approximate surface area is 185 Å². The molecule has 3 amide bonds. The van der Waals surface area contributed by atoms with Crippen LogP contribution in [0, 0.1) is 0 Å². The van der Waals surface area contributed by atoms with E-state index < -0.39 is 6.04 Å². The molecule has 0 aliphatic rings. The first-order valence-electron chi connectivity index (χ1n) is 9.77. The van der Waals surface area contributed by atoms with E-state index in [4.69, 9.17) is 0 Å². The first kappa shape index (κ1) is 23.9. The summed E-state index contributed by atoms with van der Waals surface area (Å²) in [4.78, 5) is 42.5. The zero-order valence-electron chi connectivity index (χ0n) is 17.8. The molecule has 0 spiro atoms. The molecular weight excluding hydrogens is 420 g/mol.